The summed E-state index contributed by atoms with van der Waals surface area (Å²) in [5.41, 5.74) is 7.02. The van der Waals surface area contributed by atoms with E-state index < -0.39 is 0 Å². The average Bonchev–Trinajstić information content (AvgIpc) is 2.89. The number of benzene rings is 3. The van der Waals surface area contributed by atoms with Crippen molar-refractivity contribution in [3.63, 3.8) is 0 Å². The molecular weight excluding hydrogens is 523 g/mol. The predicted molar refractivity (Wildman–Crippen MR) is 154 cm³/mol. The molecule has 0 bridgehead atoms. The molecule has 37 heavy (non-hydrogen) atoms. The van der Waals surface area contributed by atoms with E-state index in [1.54, 1.807) is 16.7 Å². The summed E-state index contributed by atoms with van der Waals surface area (Å²) in [6.07, 6.45) is 0. The number of aromatic nitrogens is 3. The molecule has 0 aliphatic carbocycles. The fraction of sp³-hybridized carbons (Fsp3) is 0.138. The minimum atomic E-state index is -0.124. The van der Waals surface area contributed by atoms with Gasteiger partial charge in [-0.3, -0.25) is 9.36 Å². The number of pyridine rings is 1. The van der Waals surface area contributed by atoms with Crippen molar-refractivity contribution in [1.29, 1.82) is 0 Å². The standard InChI is InChI=1S/C29H22Cl2N4OS/c1-17-3-7-19(8-4-17)22-14-24(20-9-5-18(2)6-10-20)32-27-26(22)28(36)35-15-34(16-37-29(35)33-27)25-12-11-21(30)13-23(25)31/h3-14H,15-16H2,1-2H3. The molecule has 2 aromatic heterocycles. The monoisotopic (exact) mass is 544 g/mol. The first-order valence-electron chi connectivity index (χ1n) is 11.8. The summed E-state index contributed by atoms with van der Waals surface area (Å²) in [4.78, 5) is 25.8. The first-order chi connectivity index (χ1) is 17.9. The lowest BCUT2D eigenvalue weighted by molar-refractivity contribution is 0.568. The van der Waals surface area contributed by atoms with E-state index in [1.807, 2.05) is 36.1 Å². The quantitative estimate of drug-likeness (QED) is 0.219. The zero-order valence-electron chi connectivity index (χ0n) is 20.2. The highest BCUT2D eigenvalue weighted by Gasteiger charge is 2.24. The van der Waals surface area contributed by atoms with Crippen molar-refractivity contribution < 1.29 is 0 Å². The third-order valence-corrected chi connectivity index (χ3v) is 8.06. The largest absolute Gasteiger partial charge is 0.342 e. The molecule has 1 aliphatic heterocycles. The number of nitrogens with zero attached hydrogens (tertiary/aromatic N) is 4. The number of fused-ring (bicyclic) bond motifs is 2. The van der Waals surface area contributed by atoms with Crippen molar-refractivity contribution in [3.05, 3.63) is 104 Å². The summed E-state index contributed by atoms with van der Waals surface area (Å²) < 4.78 is 1.70. The maximum absolute atomic E-state index is 14.0. The van der Waals surface area contributed by atoms with Gasteiger partial charge in [0.15, 0.2) is 10.8 Å². The SMILES string of the molecule is Cc1ccc(-c2cc(-c3ccc(C)cc3)c3c(=O)n4c(nc3n2)SCN(c2ccc(Cl)cc2Cl)C4)cc1. The van der Waals surface area contributed by atoms with E-state index in [-0.39, 0.29) is 5.56 Å². The molecule has 5 nitrogen and oxygen atoms in total. The van der Waals surface area contributed by atoms with Gasteiger partial charge in [-0.2, -0.15) is 0 Å². The molecule has 0 fully saturated rings. The Morgan fingerprint density at radius 3 is 2.19 bits per heavy atom. The van der Waals surface area contributed by atoms with Crippen LogP contribution in [0.5, 0.6) is 0 Å². The Morgan fingerprint density at radius 1 is 0.838 bits per heavy atom. The van der Waals surface area contributed by atoms with Gasteiger partial charge < -0.3 is 4.90 Å². The van der Waals surface area contributed by atoms with E-state index >= 15 is 0 Å². The van der Waals surface area contributed by atoms with Crippen molar-refractivity contribution in [3.8, 4) is 22.4 Å². The van der Waals surface area contributed by atoms with Gasteiger partial charge in [-0.25, -0.2) is 9.97 Å². The van der Waals surface area contributed by atoms with E-state index in [2.05, 4.69) is 43.3 Å². The molecule has 5 aromatic rings. The molecule has 6 rings (SSSR count). The molecule has 0 radical (unpaired) electrons. The van der Waals surface area contributed by atoms with Crippen molar-refractivity contribution >= 4 is 51.7 Å². The van der Waals surface area contributed by atoms with Gasteiger partial charge >= 0.3 is 0 Å². The highest BCUT2D eigenvalue weighted by atomic mass is 35.5. The van der Waals surface area contributed by atoms with E-state index in [1.165, 1.54) is 17.3 Å². The molecule has 0 saturated heterocycles. The third-order valence-electron chi connectivity index (χ3n) is 6.51. The molecule has 0 N–H and O–H groups in total. The van der Waals surface area contributed by atoms with Gasteiger partial charge in [-0.15, -0.1) is 0 Å². The fourth-order valence-corrected chi connectivity index (χ4v) is 5.96. The Morgan fingerprint density at radius 2 is 1.51 bits per heavy atom. The summed E-state index contributed by atoms with van der Waals surface area (Å²) in [7, 11) is 0. The van der Waals surface area contributed by atoms with Crippen LogP contribution in [0.4, 0.5) is 5.69 Å². The summed E-state index contributed by atoms with van der Waals surface area (Å²) in [6.45, 7) is 4.44. The Balaban J connectivity index is 1.55. The molecule has 1 aliphatic rings. The normalized spacial score (nSPS) is 13.1. The fourth-order valence-electron chi connectivity index (χ4n) is 4.49. The molecule has 8 heteroatoms. The van der Waals surface area contributed by atoms with Crippen LogP contribution in [0.2, 0.25) is 10.0 Å². The Hall–Kier alpha value is -3.32. The van der Waals surface area contributed by atoms with Crippen LogP contribution >= 0.6 is 35.0 Å². The number of rotatable bonds is 3. The lowest BCUT2D eigenvalue weighted by Crippen LogP contribution is -2.38. The van der Waals surface area contributed by atoms with Crippen molar-refractivity contribution in [2.75, 3.05) is 10.8 Å². The summed E-state index contributed by atoms with van der Waals surface area (Å²) in [5.74, 6) is 0.599. The van der Waals surface area contributed by atoms with Crippen molar-refractivity contribution in [2.45, 2.75) is 25.7 Å². The summed E-state index contributed by atoms with van der Waals surface area (Å²) in [5, 5.41) is 2.26. The Bertz CT molecular complexity index is 1720. The predicted octanol–water partition coefficient (Wildman–Crippen LogP) is 7.58. The number of hydrogen-bond acceptors (Lipinski definition) is 5. The van der Waals surface area contributed by atoms with Crippen LogP contribution in [0.25, 0.3) is 33.4 Å². The topological polar surface area (TPSA) is 51.0 Å². The van der Waals surface area contributed by atoms with Crippen LogP contribution < -0.4 is 10.5 Å². The van der Waals surface area contributed by atoms with Gasteiger partial charge in [-0.1, -0.05) is 94.6 Å². The van der Waals surface area contributed by atoms with Crippen LogP contribution in [-0.4, -0.2) is 20.4 Å². The molecule has 184 valence electrons. The van der Waals surface area contributed by atoms with Crippen molar-refractivity contribution in [2.24, 2.45) is 0 Å². The number of aryl methyl sites for hydroxylation is 2. The molecule has 0 spiro atoms. The molecule has 3 heterocycles. The highest BCUT2D eigenvalue weighted by Crippen LogP contribution is 2.35. The highest BCUT2D eigenvalue weighted by molar-refractivity contribution is 7.99. The van der Waals surface area contributed by atoms with Gasteiger partial charge in [0.1, 0.15) is 6.67 Å². The Kier molecular flexibility index (Phi) is 6.19. The first-order valence-corrected chi connectivity index (χ1v) is 13.5. The second-order valence-electron chi connectivity index (χ2n) is 9.16. The molecule has 3 aromatic carbocycles. The molecular formula is C29H22Cl2N4OS. The molecule has 0 unspecified atom stereocenters. The summed E-state index contributed by atoms with van der Waals surface area (Å²) >= 11 is 14.1. The van der Waals surface area contributed by atoms with E-state index in [0.29, 0.717) is 38.8 Å². The lowest BCUT2D eigenvalue weighted by atomic mass is 9.99. The lowest BCUT2D eigenvalue weighted by Gasteiger charge is -2.31. The van der Waals surface area contributed by atoms with Crippen LogP contribution in [0.1, 0.15) is 11.1 Å². The second kappa shape index (κ2) is 9.53. The van der Waals surface area contributed by atoms with E-state index in [0.717, 1.165) is 33.6 Å². The maximum Gasteiger partial charge on any atom is 0.265 e. The zero-order chi connectivity index (χ0) is 25.7. The number of halogens is 2. The minimum Gasteiger partial charge on any atom is -0.342 e. The minimum absolute atomic E-state index is 0.124. The van der Waals surface area contributed by atoms with Crippen LogP contribution in [0, 0.1) is 13.8 Å². The smallest absolute Gasteiger partial charge is 0.265 e. The molecule has 0 saturated carbocycles. The zero-order valence-corrected chi connectivity index (χ0v) is 22.5. The van der Waals surface area contributed by atoms with E-state index in [9.17, 15) is 4.79 Å². The second-order valence-corrected chi connectivity index (χ2v) is 10.9. The third kappa shape index (κ3) is 4.50. The number of anilines is 1. The first kappa shape index (κ1) is 24.0. The van der Waals surface area contributed by atoms with Crippen molar-refractivity contribution in [1.82, 2.24) is 14.5 Å². The summed E-state index contributed by atoms with van der Waals surface area (Å²) in [6, 6.07) is 23.8. The van der Waals surface area contributed by atoms with Gasteiger partial charge in [0, 0.05) is 16.1 Å². The van der Waals surface area contributed by atoms with Gasteiger partial charge in [0.2, 0.25) is 0 Å². The van der Waals surface area contributed by atoms with Gasteiger partial charge in [0.25, 0.3) is 5.56 Å². The number of thioether (sulfide) groups is 1. The van der Waals surface area contributed by atoms with Crippen LogP contribution in [0.3, 0.4) is 0 Å². The number of hydrogen-bond donors (Lipinski definition) is 0. The molecule has 0 atom stereocenters. The Labute approximate surface area is 228 Å². The van der Waals surface area contributed by atoms with Crippen LogP contribution in [0.15, 0.2) is 82.7 Å². The maximum atomic E-state index is 14.0. The van der Waals surface area contributed by atoms with Crippen LogP contribution in [-0.2, 0) is 6.67 Å². The van der Waals surface area contributed by atoms with Gasteiger partial charge in [-0.05, 0) is 43.7 Å². The van der Waals surface area contributed by atoms with Gasteiger partial charge in [0.05, 0.1) is 27.7 Å². The average molecular weight is 545 g/mol. The van der Waals surface area contributed by atoms with E-state index in [4.69, 9.17) is 33.2 Å². The molecule has 0 amide bonds.